The summed E-state index contributed by atoms with van der Waals surface area (Å²) in [5, 5.41) is 8.75. The van der Waals surface area contributed by atoms with Crippen LogP contribution < -0.4 is 4.74 Å². The summed E-state index contributed by atoms with van der Waals surface area (Å²) in [5.41, 5.74) is -0.186. The largest absolute Gasteiger partial charge is 0.476 e. The van der Waals surface area contributed by atoms with E-state index in [-0.39, 0.29) is 18.2 Å². The molecular weight excluding hydrogens is 200 g/mol. The van der Waals surface area contributed by atoms with Crippen molar-refractivity contribution in [2.24, 2.45) is 0 Å². The minimum Gasteiger partial charge on any atom is -0.476 e. The van der Waals surface area contributed by atoms with Crippen LogP contribution in [-0.4, -0.2) is 40.9 Å². The monoisotopic (exact) mass is 212 g/mol. The number of ether oxygens (including phenoxy) is 2. The Morgan fingerprint density at radius 3 is 2.80 bits per heavy atom. The Morgan fingerprint density at radius 2 is 2.13 bits per heavy atom. The first kappa shape index (κ1) is 11.4. The minimum absolute atomic E-state index is 0.0182. The molecule has 0 saturated heterocycles. The fourth-order valence-corrected chi connectivity index (χ4v) is 0.919. The number of hydrogen-bond acceptors (Lipinski definition) is 5. The first-order valence-corrected chi connectivity index (χ1v) is 4.50. The highest BCUT2D eigenvalue weighted by Gasteiger charge is 2.13. The van der Waals surface area contributed by atoms with Gasteiger partial charge in [-0.3, -0.25) is 0 Å². The van der Waals surface area contributed by atoms with Gasteiger partial charge in [-0.05, 0) is 6.92 Å². The van der Waals surface area contributed by atoms with Crippen LogP contribution in [0.15, 0.2) is 12.4 Å². The maximum Gasteiger partial charge on any atom is 0.360 e. The average molecular weight is 212 g/mol. The van der Waals surface area contributed by atoms with Crippen molar-refractivity contribution in [3.63, 3.8) is 0 Å². The standard InChI is InChI=1S/C9H12N2O4/c1-2-14-5-6-15-8-7(9(12)13)10-3-4-11-8/h3-4H,2,5-6H2,1H3,(H,12,13). The van der Waals surface area contributed by atoms with Crippen molar-refractivity contribution >= 4 is 5.97 Å². The number of nitrogens with zero attached hydrogens (tertiary/aromatic N) is 2. The molecule has 0 radical (unpaired) electrons. The maximum atomic E-state index is 10.7. The lowest BCUT2D eigenvalue weighted by molar-refractivity contribution is 0.0677. The van der Waals surface area contributed by atoms with E-state index in [0.717, 1.165) is 0 Å². The van der Waals surface area contributed by atoms with Crippen molar-refractivity contribution in [2.45, 2.75) is 6.92 Å². The number of hydrogen-bond donors (Lipinski definition) is 1. The second-order valence-electron chi connectivity index (χ2n) is 2.56. The summed E-state index contributed by atoms with van der Waals surface area (Å²) in [4.78, 5) is 18.1. The van der Waals surface area contributed by atoms with Gasteiger partial charge in [-0.1, -0.05) is 0 Å². The van der Waals surface area contributed by atoms with Crippen molar-refractivity contribution in [3.8, 4) is 5.88 Å². The van der Waals surface area contributed by atoms with Gasteiger partial charge in [-0.15, -0.1) is 0 Å². The number of carboxylic acid groups (broad SMARTS) is 1. The molecule has 82 valence electrons. The van der Waals surface area contributed by atoms with Gasteiger partial charge in [0.15, 0.2) is 0 Å². The number of aromatic nitrogens is 2. The van der Waals surface area contributed by atoms with E-state index in [0.29, 0.717) is 13.2 Å². The van der Waals surface area contributed by atoms with Crippen molar-refractivity contribution in [1.82, 2.24) is 9.97 Å². The van der Waals surface area contributed by atoms with Crippen molar-refractivity contribution in [1.29, 1.82) is 0 Å². The first-order valence-electron chi connectivity index (χ1n) is 4.50. The third-order valence-electron chi connectivity index (χ3n) is 1.54. The van der Waals surface area contributed by atoms with Crippen LogP contribution in [0.25, 0.3) is 0 Å². The molecule has 0 spiro atoms. The molecule has 0 amide bonds. The quantitative estimate of drug-likeness (QED) is 0.695. The Bertz CT molecular complexity index is 330. The van der Waals surface area contributed by atoms with E-state index in [1.165, 1.54) is 12.4 Å². The Morgan fingerprint density at radius 1 is 1.40 bits per heavy atom. The summed E-state index contributed by atoms with van der Waals surface area (Å²) in [5.74, 6) is -1.14. The number of carbonyl (C=O) groups is 1. The third kappa shape index (κ3) is 3.51. The van der Waals surface area contributed by atoms with E-state index >= 15 is 0 Å². The molecule has 0 unspecified atom stereocenters. The van der Waals surface area contributed by atoms with Gasteiger partial charge in [-0.2, -0.15) is 0 Å². The molecule has 1 heterocycles. The Kier molecular flexibility index (Phi) is 4.49. The summed E-state index contributed by atoms with van der Waals surface area (Å²) in [7, 11) is 0. The molecule has 0 aromatic carbocycles. The maximum absolute atomic E-state index is 10.7. The van der Waals surface area contributed by atoms with E-state index in [4.69, 9.17) is 14.6 Å². The van der Waals surface area contributed by atoms with Gasteiger partial charge in [0, 0.05) is 19.0 Å². The highest BCUT2D eigenvalue weighted by atomic mass is 16.5. The Balaban J connectivity index is 2.56. The molecule has 1 N–H and O–H groups in total. The molecule has 0 atom stereocenters. The van der Waals surface area contributed by atoms with Crippen molar-refractivity contribution in [3.05, 3.63) is 18.1 Å². The molecular formula is C9H12N2O4. The van der Waals surface area contributed by atoms with Crippen molar-refractivity contribution in [2.75, 3.05) is 19.8 Å². The van der Waals surface area contributed by atoms with Gasteiger partial charge >= 0.3 is 5.97 Å². The highest BCUT2D eigenvalue weighted by Crippen LogP contribution is 2.10. The molecule has 1 rings (SSSR count). The molecule has 1 aromatic heterocycles. The molecule has 0 aliphatic heterocycles. The molecule has 0 aliphatic rings. The summed E-state index contributed by atoms with van der Waals surface area (Å²) in [6.07, 6.45) is 2.68. The number of carboxylic acids is 1. The Hall–Kier alpha value is -1.69. The summed E-state index contributed by atoms with van der Waals surface area (Å²) >= 11 is 0. The zero-order valence-corrected chi connectivity index (χ0v) is 8.34. The molecule has 0 aliphatic carbocycles. The van der Waals surface area contributed by atoms with Crippen LogP contribution in [0.1, 0.15) is 17.4 Å². The smallest absolute Gasteiger partial charge is 0.360 e. The molecule has 0 saturated carbocycles. The van der Waals surface area contributed by atoms with E-state index in [9.17, 15) is 4.79 Å². The van der Waals surface area contributed by atoms with Gasteiger partial charge in [0.05, 0.1) is 6.61 Å². The second kappa shape index (κ2) is 5.92. The van der Waals surface area contributed by atoms with E-state index < -0.39 is 5.97 Å². The molecule has 1 aromatic rings. The molecule has 0 fully saturated rings. The fourth-order valence-electron chi connectivity index (χ4n) is 0.919. The summed E-state index contributed by atoms with van der Waals surface area (Å²) < 4.78 is 10.2. The van der Waals surface area contributed by atoms with Gasteiger partial charge in [0.25, 0.3) is 0 Å². The lowest BCUT2D eigenvalue weighted by Gasteiger charge is -2.06. The lowest BCUT2D eigenvalue weighted by atomic mass is 10.4. The SMILES string of the molecule is CCOCCOc1nccnc1C(=O)O. The first-order chi connectivity index (χ1) is 7.25. The van der Waals surface area contributed by atoms with Crippen LogP contribution >= 0.6 is 0 Å². The van der Waals surface area contributed by atoms with Crippen molar-refractivity contribution < 1.29 is 19.4 Å². The predicted molar refractivity (Wildman–Crippen MR) is 51.0 cm³/mol. The zero-order chi connectivity index (χ0) is 11.1. The van der Waals surface area contributed by atoms with Gasteiger partial charge in [-0.25, -0.2) is 14.8 Å². The lowest BCUT2D eigenvalue weighted by Crippen LogP contribution is -2.11. The fraction of sp³-hybridized carbons (Fsp3) is 0.444. The predicted octanol–water partition coefficient (Wildman–Crippen LogP) is 0.590. The highest BCUT2D eigenvalue weighted by molar-refractivity contribution is 5.87. The van der Waals surface area contributed by atoms with Crippen LogP contribution in [0.4, 0.5) is 0 Å². The van der Waals surface area contributed by atoms with Crippen LogP contribution in [0.2, 0.25) is 0 Å². The Labute approximate surface area is 86.9 Å². The third-order valence-corrected chi connectivity index (χ3v) is 1.54. The minimum atomic E-state index is -1.16. The van der Waals surface area contributed by atoms with Crippen LogP contribution in [0.5, 0.6) is 5.88 Å². The van der Waals surface area contributed by atoms with Gasteiger partial charge < -0.3 is 14.6 Å². The van der Waals surface area contributed by atoms with E-state index in [1.54, 1.807) is 0 Å². The number of rotatable bonds is 6. The molecule has 15 heavy (non-hydrogen) atoms. The van der Waals surface area contributed by atoms with Gasteiger partial charge in [0.2, 0.25) is 11.6 Å². The molecule has 6 heteroatoms. The second-order valence-corrected chi connectivity index (χ2v) is 2.56. The molecule has 6 nitrogen and oxygen atoms in total. The normalized spacial score (nSPS) is 9.93. The average Bonchev–Trinajstić information content (AvgIpc) is 2.25. The topological polar surface area (TPSA) is 81.5 Å². The molecule has 0 bridgehead atoms. The van der Waals surface area contributed by atoms with Crippen LogP contribution in [0.3, 0.4) is 0 Å². The van der Waals surface area contributed by atoms with E-state index in [2.05, 4.69) is 9.97 Å². The van der Waals surface area contributed by atoms with Gasteiger partial charge in [0.1, 0.15) is 6.61 Å². The summed E-state index contributed by atoms with van der Waals surface area (Å²) in [6, 6.07) is 0. The number of aromatic carboxylic acids is 1. The van der Waals surface area contributed by atoms with Crippen LogP contribution in [0, 0.1) is 0 Å². The summed E-state index contributed by atoms with van der Waals surface area (Å²) in [6.45, 7) is 3.11. The zero-order valence-electron chi connectivity index (χ0n) is 8.34. The van der Waals surface area contributed by atoms with Crippen LogP contribution in [-0.2, 0) is 4.74 Å². The van der Waals surface area contributed by atoms with E-state index in [1.807, 2.05) is 6.92 Å².